The smallest absolute Gasteiger partial charge is 0.309 e. The Morgan fingerprint density at radius 3 is 2.83 bits per heavy atom. The predicted octanol–water partition coefficient (Wildman–Crippen LogP) is 5.86. The normalized spacial score (nSPS) is 19.0. The standard InChI is InChI=1S/C27H25Cl2N3O4/c1-2-35-27(34)18-14-17(18)25(32-12-11-31-21-5-3-4-6-22(21)32)26(33)19-15-30-10-9-23(19)36-24-13-16(28)7-8-20(24)29/h3-10,13,15,17-18,25,31H,2,11-12,14H2,1H3. The Morgan fingerprint density at radius 1 is 1.17 bits per heavy atom. The van der Waals surface area contributed by atoms with Crippen molar-refractivity contribution in [3.8, 4) is 11.5 Å². The van der Waals surface area contributed by atoms with Crippen LogP contribution in [0.15, 0.2) is 60.9 Å². The first kappa shape index (κ1) is 24.4. The largest absolute Gasteiger partial charge is 0.466 e. The number of ketones is 1. The molecule has 0 amide bonds. The molecule has 7 nitrogen and oxygen atoms in total. The summed E-state index contributed by atoms with van der Waals surface area (Å²) in [5.41, 5.74) is 2.17. The first-order valence-corrected chi connectivity index (χ1v) is 12.6. The van der Waals surface area contributed by atoms with Crippen molar-refractivity contribution in [1.29, 1.82) is 0 Å². The molecule has 1 aliphatic heterocycles. The van der Waals surface area contributed by atoms with E-state index in [9.17, 15) is 9.59 Å². The van der Waals surface area contributed by atoms with Gasteiger partial charge in [0, 0.05) is 42.5 Å². The highest BCUT2D eigenvalue weighted by Crippen LogP contribution is 2.48. The van der Waals surface area contributed by atoms with Gasteiger partial charge in [0.15, 0.2) is 5.78 Å². The number of esters is 1. The number of ether oxygens (including phenoxy) is 2. The monoisotopic (exact) mass is 525 g/mol. The number of hydrogen-bond donors (Lipinski definition) is 1. The van der Waals surface area contributed by atoms with Gasteiger partial charge in [-0.2, -0.15) is 0 Å². The molecule has 2 aromatic carbocycles. The molecule has 3 aromatic rings. The summed E-state index contributed by atoms with van der Waals surface area (Å²) in [6.07, 6.45) is 3.63. The number of halogens is 2. The minimum Gasteiger partial charge on any atom is -0.466 e. The van der Waals surface area contributed by atoms with E-state index in [0.29, 0.717) is 53.2 Å². The molecule has 1 saturated carbocycles. The molecule has 3 unspecified atom stereocenters. The SMILES string of the molecule is CCOC(=O)C1CC1C(C(=O)c1cnccc1Oc1cc(Cl)ccc1Cl)N1CCNc2ccccc21. The van der Waals surface area contributed by atoms with Gasteiger partial charge in [-0.3, -0.25) is 14.6 Å². The third-order valence-electron chi connectivity index (χ3n) is 6.48. The average molecular weight is 526 g/mol. The number of rotatable bonds is 8. The zero-order valence-corrected chi connectivity index (χ0v) is 21.1. The first-order chi connectivity index (χ1) is 17.5. The summed E-state index contributed by atoms with van der Waals surface area (Å²) >= 11 is 12.4. The zero-order valence-electron chi connectivity index (χ0n) is 19.6. The van der Waals surface area contributed by atoms with Crippen LogP contribution in [0.4, 0.5) is 11.4 Å². The van der Waals surface area contributed by atoms with E-state index < -0.39 is 6.04 Å². The fourth-order valence-electron chi connectivity index (χ4n) is 4.73. The number of aromatic nitrogens is 1. The molecule has 186 valence electrons. The van der Waals surface area contributed by atoms with Gasteiger partial charge in [-0.1, -0.05) is 35.3 Å². The third kappa shape index (κ3) is 4.86. The maximum absolute atomic E-state index is 14.2. The van der Waals surface area contributed by atoms with Crippen molar-refractivity contribution in [2.45, 2.75) is 19.4 Å². The van der Waals surface area contributed by atoms with Gasteiger partial charge < -0.3 is 19.7 Å². The highest BCUT2D eigenvalue weighted by atomic mass is 35.5. The molecule has 1 fully saturated rings. The molecule has 5 rings (SSSR count). The van der Waals surface area contributed by atoms with Crippen LogP contribution in [0.5, 0.6) is 11.5 Å². The van der Waals surface area contributed by atoms with Crippen LogP contribution in [-0.2, 0) is 9.53 Å². The van der Waals surface area contributed by atoms with Gasteiger partial charge in [-0.05, 0) is 43.7 Å². The van der Waals surface area contributed by atoms with Crippen LogP contribution < -0.4 is 15.0 Å². The summed E-state index contributed by atoms with van der Waals surface area (Å²) in [7, 11) is 0. The Kier molecular flexibility index (Phi) is 7.03. The molecule has 0 bridgehead atoms. The van der Waals surface area contributed by atoms with Crippen molar-refractivity contribution >= 4 is 46.3 Å². The summed E-state index contributed by atoms with van der Waals surface area (Å²) in [6.45, 7) is 3.37. The van der Waals surface area contributed by atoms with Crippen LogP contribution in [0.25, 0.3) is 0 Å². The molecule has 1 N–H and O–H groups in total. The van der Waals surface area contributed by atoms with Crippen LogP contribution in [0.2, 0.25) is 10.0 Å². The van der Waals surface area contributed by atoms with Crippen molar-refractivity contribution in [3.63, 3.8) is 0 Å². The van der Waals surface area contributed by atoms with Crippen molar-refractivity contribution in [3.05, 3.63) is 76.5 Å². The van der Waals surface area contributed by atoms with Gasteiger partial charge >= 0.3 is 5.97 Å². The maximum Gasteiger partial charge on any atom is 0.309 e. The van der Waals surface area contributed by atoms with Crippen molar-refractivity contribution in [2.24, 2.45) is 11.8 Å². The van der Waals surface area contributed by atoms with E-state index in [1.165, 1.54) is 6.20 Å². The van der Waals surface area contributed by atoms with Gasteiger partial charge in [-0.15, -0.1) is 0 Å². The van der Waals surface area contributed by atoms with Crippen molar-refractivity contribution in [2.75, 3.05) is 29.9 Å². The number of Topliss-reactive ketones (excluding diaryl/α,β-unsaturated/α-hetero) is 1. The predicted molar refractivity (Wildman–Crippen MR) is 139 cm³/mol. The van der Waals surface area contributed by atoms with Crippen molar-refractivity contribution in [1.82, 2.24) is 4.98 Å². The van der Waals surface area contributed by atoms with Gasteiger partial charge in [0.2, 0.25) is 0 Å². The van der Waals surface area contributed by atoms with E-state index >= 15 is 0 Å². The van der Waals surface area contributed by atoms with Crippen LogP contribution in [0, 0.1) is 11.8 Å². The summed E-state index contributed by atoms with van der Waals surface area (Å²) < 4.78 is 11.3. The second kappa shape index (κ2) is 10.4. The van der Waals surface area contributed by atoms with Gasteiger partial charge in [0.05, 0.1) is 40.5 Å². The van der Waals surface area contributed by atoms with Gasteiger partial charge in [-0.25, -0.2) is 0 Å². The molecular weight excluding hydrogens is 501 g/mol. The number of fused-ring (bicyclic) bond motifs is 1. The quantitative estimate of drug-likeness (QED) is 0.291. The third-order valence-corrected chi connectivity index (χ3v) is 7.03. The molecule has 36 heavy (non-hydrogen) atoms. The number of anilines is 2. The van der Waals surface area contributed by atoms with E-state index in [1.807, 2.05) is 24.3 Å². The molecule has 0 saturated heterocycles. The molecule has 2 aliphatic rings. The lowest BCUT2D eigenvalue weighted by Crippen LogP contribution is -2.48. The fourth-order valence-corrected chi connectivity index (χ4v) is 5.05. The number of nitrogens with one attached hydrogen (secondary N) is 1. The molecule has 9 heteroatoms. The lowest BCUT2D eigenvalue weighted by molar-refractivity contribution is -0.145. The Bertz CT molecular complexity index is 1300. The second-order valence-corrected chi connectivity index (χ2v) is 9.60. The molecule has 1 aromatic heterocycles. The van der Waals surface area contributed by atoms with E-state index in [4.69, 9.17) is 32.7 Å². The first-order valence-electron chi connectivity index (χ1n) is 11.8. The number of benzene rings is 2. The van der Waals surface area contributed by atoms with Crippen LogP contribution >= 0.6 is 23.2 Å². The zero-order chi connectivity index (χ0) is 25.2. The number of pyridine rings is 1. The number of carbonyl (C=O) groups excluding carboxylic acids is 2. The lowest BCUT2D eigenvalue weighted by Gasteiger charge is -2.38. The molecular formula is C27H25Cl2N3O4. The van der Waals surface area contributed by atoms with Gasteiger partial charge in [0.25, 0.3) is 0 Å². The molecule has 3 atom stereocenters. The van der Waals surface area contributed by atoms with Crippen LogP contribution in [0.1, 0.15) is 23.7 Å². The Morgan fingerprint density at radius 2 is 2.00 bits per heavy atom. The number of hydrogen-bond acceptors (Lipinski definition) is 7. The number of carbonyl (C=O) groups is 2. The van der Waals surface area contributed by atoms with Gasteiger partial charge in [0.1, 0.15) is 11.5 Å². The highest BCUT2D eigenvalue weighted by Gasteiger charge is 2.54. The number of nitrogens with zero attached hydrogens (tertiary/aromatic N) is 2. The summed E-state index contributed by atoms with van der Waals surface area (Å²) in [6, 6.07) is 13.8. The second-order valence-electron chi connectivity index (χ2n) is 8.75. The van der Waals surface area contributed by atoms with E-state index in [-0.39, 0.29) is 23.6 Å². The minimum absolute atomic E-state index is 0.176. The summed E-state index contributed by atoms with van der Waals surface area (Å²) in [4.78, 5) is 33.1. The Labute approximate surface area is 219 Å². The highest BCUT2D eigenvalue weighted by molar-refractivity contribution is 6.34. The summed E-state index contributed by atoms with van der Waals surface area (Å²) in [5.74, 6) is -0.304. The van der Waals surface area contributed by atoms with Crippen LogP contribution in [0.3, 0.4) is 0 Å². The van der Waals surface area contributed by atoms with E-state index in [2.05, 4.69) is 15.2 Å². The number of para-hydroxylation sites is 2. The van der Waals surface area contributed by atoms with E-state index in [1.54, 1.807) is 37.4 Å². The average Bonchev–Trinajstić information content (AvgIpc) is 3.67. The lowest BCUT2D eigenvalue weighted by atomic mass is 9.96. The minimum atomic E-state index is -0.593. The maximum atomic E-state index is 14.2. The molecule has 0 spiro atoms. The molecule has 2 heterocycles. The summed E-state index contributed by atoms with van der Waals surface area (Å²) in [5, 5.41) is 4.21. The molecule has 0 radical (unpaired) electrons. The molecule has 1 aliphatic carbocycles. The van der Waals surface area contributed by atoms with E-state index in [0.717, 1.165) is 11.4 Å². The Balaban J connectivity index is 1.52. The van der Waals surface area contributed by atoms with Crippen LogP contribution in [-0.4, -0.2) is 42.5 Å². The fraction of sp³-hybridized carbons (Fsp3) is 0.296. The Hall–Kier alpha value is -3.29. The van der Waals surface area contributed by atoms with Crippen molar-refractivity contribution < 1.29 is 19.1 Å². The topological polar surface area (TPSA) is 80.8 Å².